The van der Waals surface area contributed by atoms with E-state index in [0.29, 0.717) is 11.5 Å². The minimum Gasteiger partial charge on any atom is -0.497 e. The summed E-state index contributed by atoms with van der Waals surface area (Å²) in [4.78, 5) is 13.5. The molecule has 0 radical (unpaired) electrons. The van der Waals surface area contributed by atoms with Crippen LogP contribution >= 0.6 is 15.9 Å². The fourth-order valence-corrected chi connectivity index (χ4v) is 1.85. The molecule has 0 saturated carbocycles. The van der Waals surface area contributed by atoms with Crippen molar-refractivity contribution in [3.8, 4) is 11.5 Å². The van der Waals surface area contributed by atoms with E-state index in [-0.39, 0.29) is 6.54 Å². The van der Waals surface area contributed by atoms with Crippen molar-refractivity contribution in [2.45, 2.75) is 6.54 Å². The lowest BCUT2D eigenvalue weighted by molar-refractivity contribution is 0.396. The van der Waals surface area contributed by atoms with Gasteiger partial charge in [0.25, 0.3) is 0 Å². The molecule has 0 N–H and O–H groups in total. The second-order valence-electron chi connectivity index (χ2n) is 2.71. The topological polar surface area (TPSA) is 47.9 Å². The van der Waals surface area contributed by atoms with Gasteiger partial charge in [0, 0.05) is 5.56 Å². The van der Waals surface area contributed by atoms with Crippen molar-refractivity contribution in [1.82, 2.24) is 0 Å². The van der Waals surface area contributed by atoms with E-state index >= 15 is 0 Å². The number of methoxy groups -OCH3 is 2. The SMILES string of the molecule is COc1cc(Br)c(OC)c(CN=C=O)c1. The van der Waals surface area contributed by atoms with Crippen LogP contribution in [0.2, 0.25) is 0 Å². The molecule has 0 bridgehead atoms. The molecule has 1 aromatic carbocycles. The fourth-order valence-electron chi connectivity index (χ4n) is 1.20. The fraction of sp³-hybridized carbons (Fsp3) is 0.300. The Labute approximate surface area is 96.0 Å². The Balaban J connectivity index is 3.18. The largest absolute Gasteiger partial charge is 0.497 e. The molecule has 0 heterocycles. The molecule has 0 aliphatic carbocycles. The Morgan fingerprint density at radius 1 is 1.40 bits per heavy atom. The monoisotopic (exact) mass is 271 g/mol. The van der Waals surface area contributed by atoms with Crippen molar-refractivity contribution in [2.24, 2.45) is 4.99 Å². The summed E-state index contributed by atoms with van der Waals surface area (Å²) in [7, 11) is 3.13. The van der Waals surface area contributed by atoms with Crippen LogP contribution in [0.25, 0.3) is 0 Å². The molecular formula is C10H10BrNO3. The van der Waals surface area contributed by atoms with Crippen molar-refractivity contribution in [3.63, 3.8) is 0 Å². The van der Waals surface area contributed by atoms with Crippen LogP contribution in [0.15, 0.2) is 21.6 Å². The smallest absolute Gasteiger partial charge is 0.235 e. The molecule has 0 unspecified atom stereocenters. The molecule has 5 heteroatoms. The first-order valence-electron chi connectivity index (χ1n) is 4.17. The van der Waals surface area contributed by atoms with E-state index in [1.54, 1.807) is 26.4 Å². The van der Waals surface area contributed by atoms with Crippen molar-refractivity contribution in [2.75, 3.05) is 14.2 Å². The third-order valence-corrected chi connectivity index (χ3v) is 2.44. The van der Waals surface area contributed by atoms with Crippen LogP contribution in [0.1, 0.15) is 5.56 Å². The summed E-state index contributed by atoms with van der Waals surface area (Å²) in [6.45, 7) is 0.225. The van der Waals surface area contributed by atoms with Gasteiger partial charge in [-0.05, 0) is 28.1 Å². The lowest BCUT2D eigenvalue weighted by atomic mass is 10.2. The number of hydrogen-bond donors (Lipinski definition) is 0. The first-order valence-corrected chi connectivity index (χ1v) is 4.96. The molecule has 0 saturated heterocycles. The normalized spacial score (nSPS) is 9.27. The zero-order valence-corrected chi connectivity index (χ0v) is 10.00. The Morgan fingerprint density at radius 2 is 2.13 bits per heavy atom. The lowest BCUT2D eigenvalue weighted by Crippen LogP contribution is -1.94. The van der Waals surface area contributed by atoms with Gasteiger partial charge in [0.1, 0.15) is 11.5 Å². The Morgan fingerprint density at radius 3 is 2.67 bits per heavy atom. The number of benzene rings is 1. The highest BCUT2D eigenvalue weighted by atomic mass is 79.9. The Bertz CT molecular complexity index is 400. The molecule has 0 aliphatic rings. The van der Waals surface area contributed by atoms with E-state index in [1.807, 2.05) is 0 Å². The van der Waals surface area contributed by atoms with E-state index in [1.165, 1.54) is 6.08 Å². The van der Waals surface area contributed by atoms with Crippen LogP contribution < -0.4 is 9.47 Å². The number of nitrogens with zero attached hydrogens (tertiary/aromatic N) is 1. The molecule has 15 heavy (non-hydrogen) atoms. The minimum absolute atomic E-state index is 0.225. The molecule has 0 atom stereocenters. The Kier molecular flexibility index (Phi) is 4.34. The van der Waals surface area contributed by atoms with Crippen LogP contribution in [0.5, 0.6) is 11.5 Å². The summed E-state index contributed by atoms with van der Waals surface area (Å²) in [6.07, 6.45) is 1.49. The molecule has 0 fully saturated rings. The van der Waals surface area contributed by atoms with Crippen LogP contribution in [0, 0.1) is 0 Å². The number of rotatable bonds is 4. The molecule has 0 spiro atoms. The van der Waals surface area contributed by atoms with Crippen molar-refractivity contribution < 1.29 is 14.3 Å². The molecule has 0 aliphatic heterocycles. The van der Waals surface area contributed by atoms with Crippen LogP contribution in [-0.4, -0.2) is 20.3 Å². The first-order chi connectivity index (χ1) is 7.22. The Hall–Kier alpha value is -1.32. The zero-order chi connectivity index (χ0) is 11.3. The predicted molar refractivity (Wildman–Crippen MR) is 59.1 cm³/mol. The van der Waals surface area contributed by atoms with Gasteiger partial charge in [0.15, 0.2) is 0 Å². The molecule has 4 nitrogen and oxygen atoms in total. The van der Waals surface area contributed by atoms with Crippen molar-refractivity contribution in [3.05, 3.63) is 22.2 Å². The highest BCUT2D eigenvalue weighted by Gasteiger charge is 2.09. The summed E-state index contributed by atoms with van der Waals surface area (Å²) in [6, 6.07) is 3.55. The zero-order valence-electron chi connectivity index (χ0n) is 8.41. The number of isocyanates is 1. The third-order valence-electron chi connectivity index (χ3n) is 1.85. The van der Waals surface area contributed by atoms with E-state index in [2.05, 4.69) is 20.9 Å². The number of hydrogen-bond acceptors (Lipinski definition) is 4. The molecule has 0 aromatic heterocycles. The van der Waals surface area contributed by atoms with Gasteiger partial charge in [0.2, 0.25) is 6.08 Å². The summed E-state index contributed by atoms with van der Waals surface area (Å²) in [5, 5.41) is 0. The van der Waals surface area contributed by atoms with Crippen molar-refractivity contribution >= 4 is 22.0 Å². The molecular weight excluding hydrogens is 262 g/mol. The molecule has 0 amide bonds. The quantitative estimate of drug-likeness (QED) is 0.624. The van der Waals surface area contributed by atoms with E-state index in [9.17, 15) is 4.79 Å². The van der Waals surface area contributed by atoms with Gasteiger partial charge in [-0.1, -0.05) is 0 Å². The maximum atomic E-state index is 10.0. The number of halogens is 1. The van der Waals surface area contributed by atoms with Gasteiger partial charge in [-0.2, -0.15) is 0 Å². The van der Waals surface area contributed by atoms with Gasteiger partial charge in [0.05, 0.1) is 25.2 Å². The van der Waals surface area contributed by atoms with Crippen LogP contribution in [0.4, 0.5) is 0 Å². The predicted octanol–water partition coefficient (Wildman–Crippen LogP) is 2.30. The van der Waals surface area contributed by atoms with Crippen LogP contribution in [-0.2, 0) is 11.3 Å². The van der Waals surface area contributed by atoms with Gasteiger partial charge in [-0.3, -0.25) is 0 Å². The van der Waals surface area contributed by atoms with Gasteiger partial charge in [-0.15, -0.1) is 0 Å². The standard InChI is InChI=1S/C10H10BrNO3/c1-14-8-3-7(5-12-6-13)10(15-2)9(11)4-8/h3-4H,5H2,1-2H3. The number of carbonyl (C=O) groups excluding carboxylic acids is 1. The lowest BCUT2D eigenvalue weighted by Gasteiger charge is -2.10. The highest BCUT2D eigenvalue weighted by molar-refractivity contribution is 9.10. The average molecular weight is 272 g/mol. The number of ether oxygens (including phenoxy) is 2. The maximum Gasteiger partial charge on any atom is 0.235 e. The number of aliphatic imine (C=N–C) groups is 1. The van der Waals surface area contributed by atoms with Gasteiger partial charge in [-0.25, -0.2) is 9.79 Å². The maximum absolute atomic E-state index is 10.0. The summed E-state index contributed by atoms with van der Waals surface area (Å²) < 4.78 is 11.0. The van der Waals surface area contributed by atoms with Gasteiger partial charge < -0.3 is 9.47 Å². The van der Waals surface area contributed by atoms with Crippen LogP contribution in [0.3, 0.4) is 0 Å². The van der Waals surface area contributed by atoms with E-state index < -0.39 is 0 Å². The molecule has 1 aromatic rings. The highest BCUT2D eigenvalue weighted by Crippen LogP contribution is 2.33. The third kappa shape index (κ3) is 2.81. The van der Waals surface area contributed by atoms with E-state index in [0.717, 1.165) is 10.0 Å². The molecule has 80 valence electrons. The molecule has 1 rings (SSSR count). The minimum atomic E-state index is 0.225. The second kappa shape index (κ2) is 5.53. The second-order valence-corrected chi connectivity index (χ2v) is 3.56. The van der Waals surface area contributed by atoms with Gasteiger partial charge >= 0.3 is 0 Å². The first kappa shape index (κ1) is 11.8. The average Bonchev–Trinajstić information content (AvgIpc) is 2.25. The summed E-state index contributed by atoms with van der Waals surface area (Å²) >= 11 is 3.35. The summed E-state index contributed by atoms with van der Waals surface area (Å²) in [5.41, 5.74) is 0.770. The van der Waals surface area contributed by atoms with Crippen molar-refractivity contribution in [1.29, 1.82) is 0 Å². The summed E-state index contributed by atoms with van der Waals surface area (Å²) in [5.74, 6) is 1.33. The van der Waals surface area contributed by atoms with E-state index in [4.69, 9.17) is 9.47 Å².